The lowest BCUT2D eigenvalue weighted by Gasteiger charge is -2.19. The van der Waals surface area contributed by atoms with Crippen molar-refractivity contribution in [1.82, 2.24) is 4.98 Å². The van der Waals surface area contributed by atoms with Gasteiger partial charge in [-0.1, -0.05) is 20.8 Å². The highest BCUT2D eigenvalue weighted by Gasteiger charge is 2.26. The number of carbonyl (C=O) groups excluding carboxylic acids is 1. The van der Waals surface area contributed by atoms with Crippen LogP contribution in [0.25, 0.3) is 0 Å². The molecule has 2 heterocycles. The monoisotopic (exact) mass is 250 g/mol. The molecule has 0 radical (unpaired) electrons. The number of carbonyl (C=O) groups is 1. The summed E-state index contributed by atoms with van der Waals surface area (Å²) < 4.78 is 10.9. The van der Waals surface area contributed by atoms with Gasteiger partial charge in [0.05, 0.1) is 18.8 Å². The second-order valence-electron chi connectivity index (χ2n) is 5.22. The Hall–Kier alpha value is -1.46. The molecule has 0 aliphatic carbocycles. The number of amides is 1. The molecule has 1 aromatic rings. The van der Waals surface area contributed by atoms with Gasteiger partial charge < -0.3 is 14.8 Å². The molecule has 1 N–H and O–H groups in total. The van der Waals surface area contributed by atoms with Crippen LogP contribution in [0.2, 0.25) is 0 Å². The highest BCUT2D eigenvalue weighted by Crippen LogP contribution is 2.28. The molecule has 1 aliphatic heterocycles. The fourth-order valence-electron chi connectivity index (χ4n) is 1.55. The maximum Gasteiger partial charge on any atom is 0.230 e. The van der Waals surface area contributed by atoms with E-state index in [4.69, 9.17) is 9.47 Å². The second kappa shape index (κ2) is 5.04. The summed E-state index contributed by atoms with van der Waals surface area (Å²) in [5, 5.41) is 2.82. The highest BCUT2D eigenvalue weighted by molar-refractivity contribution is 5.94. The summed E-state index contributed by atoms with van der Waals surface area (Å²) in [6, 6.07) is 3.65. The third kappa shape index (κ3) is 2.86. The zero-order chi connectivity index (χ0) is 13.2. The van der Waals surface area contributed by atoms with Crippen LogP contribution < -0.4 is 5.32 Å². The summed E-state index contributed by atoms with van der Waals surface area (Å²) in [6.45, 7) is 6.69. The van der Waals surface area contributed by atoms with Crippen LogP contribution in [-0.4, -0.2) is 24.1 Å². The molecule has 18 heavy (non-hydrogen) atoms. The number of nitrogens with zero attached hydrogens (tertiary/aromatic N) is 1. The Balaban J connectivity index is 2.20. The van der Waals surface area contributed by atoms with Crippen LogP contribution in [0, 0.1) is 5.41 Å². The summed E-state index contributed by atoms with van der Waals surface area (Å²) in [5.41, 5.74) is 0.291. The van der Waals surface area contributed by atoms with Crippen LogP contribution >= 0.6 is 0 Å². The van der Waals surface area contributed by atoms with Crippen molar-refractivity contribution in [2.75, 3.05) is 18.5 Å². The molecule has 1 aromatic heterocycles. The molecule has 0 bridgehead atoms. The first kappa shape index (κ1) is 13.0. The van der Waals surface area contributed by atoms with Crippen molar-refractivity contribution >= 4 is 11.7 Å². The van der Waals surface area contributed by atoms with E-state index in [0.29, 0.717) is 19.0 Å². The molecule has 5 heteroatoms. The van der Waals surface area contributed by atoms with Crippen molar-refractivity contribution in [2.24, 2.45) is 5.41 Å². The Labute approximate surface area is 107 Å². The molecule has 1 fully saturated rings. The number of rotatable bonds is 2. The first-order chi connectivity index (χ1) is 8.48. The Morgan fingerprint density at radius 1 is 1.39 bits per heavy atom. The molecule has 98 valence electrons. The van der Waals surface area contributed by atoms with Gasteiger partial charge in [0.25, 0.3) is 0 Å². The van der Waals surface area contributed by atoms with Crippen LogP contribution in [-0.2, 0) is 14.3 Å². The number of aromatic nitrogens is 1. The maximum absolute atomic E-state index is 12.0. The molecule has 0 unspecified atom stereocenters. The van der Waals surface area contributed by atoms with E-state index in [2.05, 4.69) is 10.3 Å². The lowest BCUT2D eigenvalue weighted by Crippen LogP contribution is -2.28. The first-order valence-electron chi connectivity index (χ1n) is 5.98. The summed E-state index contributed by atoms with van der Waals surface area (Å²) in [7, 11) is 0. The second-order valence-corrected chi connectivity index (χ2v) is 5.22. The lowest BCUT2D eigenvalue weighted by molar-refractivity contribution is -0.123. The van der Waals surface area contributed by atoms with Gasteiger partial charge in [0.1, 0.15) is 5.82 Å². The minimum Gasteiger partial charge on any atom is -0.346 e. The van der Waals surface area contributed by atoms with Gasteiger partial charge >= 0.3 is 0 Å². The Kier molecular flexibility index (Phi) is 3.63. The van der Waals surface area contributed by atoms with Crippen LogP contribution in [0.3, 0.4) is 0 Å². The van der Waals surface area contributed by atoms with E-state index in [1.807, 2.05) is 26.8 Å². The molecular weight excluding hydrogens is 232 g/mol. The number of nitrogens with one attached hydrogen (secondary N) is 1. The zero-order valence-corrected chi connectivity index (χ0v) is 10.9. The third-order valence-corrected chi connectivity index (χ3v) is 2.63. The van der Waals surface area contributed by atoms with E-state index in [1.54, 1.807) is 12.3 Å². The number of pyridine rings is 1. The van der Waals surface area contributed by atoms with Crippen molar-refractivity contribution in [2.45, 2.75) is 27.1 Å². The summed E-state index contributed by atoms with van der Waals surface area (Å²) >= 11 is 0. The number of hydrogen-bond donors (Lipinski definition) is 1. The van der Waals surface area contributed by atoms with Crippen molar-refractivity contribution in [3.8, 4) is 0 Å². The normalized spacial score (nSPS) is 16.8. The molecule has 0 spiro atoms. The Bertz CT molecular complexity index is 434. The van der Waals surface area contributed by atoms with Crippen LogP contribution in [0.4, 0.5) is 5.82 Å². The van der Waals surface area contributed by atoms with Gasteiger partial charge in [-0.2, -0.15) is 0 Å². The number of ether oxygens (including phenoxy) is 2. The fraction of sp³-hybridized carbons (Fsp3) is 0.538. The van der Waals surface area contributed by atoms with E-state index in [9.17, 15) is 4.79 Å². The predicted molar refractivity (Wildman–Crippen MR) is 67.0 cm³/mol. The van der Waals surface area contributed by atoms with Gasteiger partial charge in [-0.3, -0.25) is 4.79 Å². The molecule has 2 rings (SSSR count). The van der Waals surface area contributed by atoms with Gasteiger partial charge in [0.15, 0.2) is 6.29 Å². The fourth-order valence-corrected chi connectivity index (χ4v) is 1.55. The maximum atomic E-state index is 12.0. The third-order valence-electron chi connectivity index (χ3n) is 2.63. The molecule has 0 saturated carbocycles. The van der Waals surface area contributed by atoms with Gasteiger partial charge in [-0.15, -0.1) is 0 Å². The smallest absolute Gasteiger partial charge is 0.230 e. The minimum atomic E-state index is -0.466. The predicted octanol–water partition coefficient (Wildman–Crippen LogP) is 2.11. The van der Waals surface area contributed by atoms with Crippen molar-refractivity contribution < 1.29 is 14.3 Å². The van der Waals surface area contributed by atoms with Crippen LogP contribution in [0.5, 0.6) is 0 Å². The van der Waals surface area contributed by atoms with Crippen molar-refractivity contribution in [1.29, 1.82) is 0 Å². The quantitative estimate of drug-likeness (QED) is 0.873. The topological polar surface area (TPSA) is 60.5 Å². The van der Waals surface area contributed by atoms with Crippen molar-refractivity contribution in [3.05, 3.63) is 23.9 Å². The average molecular weight is 250 g/mol. The molecule has 0 aromatic carbocycles. The van der Waals surface area contributed by atoms with E-state index in [1.165, 1.54) is 0 Å². The largest absolute Gasteiger partial charge is 0.346 e. The summed E-state index contributed by atoms with van der Waals surface area (Å²) in [4.78, 5) is 16.2. The minimum absolute atomic E-state index is 0.0829. The molecule has 1 saturated heterocycles. The van der Waals surface area contributed by atoms with Crippen LogP contribution in [0.15, 0.2) is 18.3 Å². The molecule has 1 aliphatic rings. The molecule has 5 nitrogen and oxygen atoms in total. The summed E-state index contributed by atoms with van der Waals surface area (Å²) in [5.74, 6) is 0.421. The highest BCUT2D eigenvalue weighted by atomic mass is 16.7. The lowest BCUT2D eigenvalue weighted by atomic mass is 9.95. The Morgan fingerprint density at radius 3 is 2.67 bits per heavy atom. The van der Waals surface area contributed by atoms with Crippen molar-refractivity contribution in [3.63, 3.8) is 0 Å². The standard InChI is InChI=1S/C13H18N2O3/c1-13(2,3)12(16)15-10-9(5-4-6-14-10)11-17-7-8-18-11/h4-6,11H,7-8H2,1-3H3,(H,14,15,16). The van der Waals surface area contributed by atoms with E-state index in [0.717, 1.165) is 5.56 Å². The van der Waals surface area contributed by atoms with Gasteiger partial charge in [0, 0.05) is 11.6 Å². The first-order valence-corrected chi connectivity index (χ1v) is 5.98. The number of anilines is 1. The number of hydrogen-bond acceptors (Lipinski definition) is 4. The van der Waals surface area contributed by atoms with Crippen LogP contribution in [0.1, 0.15) is 32.6 Å². The van der Waals surface area contributed by atoms with E-state index < -0.39 is 11.7 Å². The van der Waals surface area contributed by atoms with E-state index in [-0.39, 0.29) is 5.91 Å². The SMILES string of the molecule is CC(C)(C)C(=O)Nc1ncccc1C1OCCO1. The zero-order valence-electron chi connectivity index (χ0n) is 10.9. The Morgan fingerprint density at radius 2 is 2.06 bits per heavy atom. The van der Waals surface area contributed by atoms with Gasteiger partial charge in [-0.05, 0) is 12.1 Å². The van der Waals surface area contributed by atoms with E-state index >= 15 is 0 Å². The van der Waals surface area contributed by atoms with Gasteiger partial charge in [0.2, 0.25) is 5.91 Å². The molecule has 1 amide bonds. The molecular formula is C13H18N2O3. The summed E-state index contributed by atoms with van der Waals surface area (Å²) in [6.07, 6.45) is 1.20. The average Bonchev–Trinajstić information content (AvgIpc) is 2.82. The molecule has 0 atom stereocenters. The van der Waals surface area contributed by atoms with Gasteiger partial charge in [-0.25, -0.2) is 4.98 Å².